The molecule has 0 spiro atoms. The SMILES string of the molecule is Cc1nc(C)c(C#N)c(SCc2ccc(C(=O)N(C)C)cc2)n1. The summed E-state index contributed by atoms with van der Waals surface area (Å²) in [5.41, 5.74) is 2.97. The minimum absolute atomic E-state index is 0.0157. The summed E-state index contributed by atoms with van der Waals surface area (Å²) in [4.78, 5) is 22.0. The Morgan fingerprint density at radius 1 is 1.22 bits per heavy atom. The first-order valence-corrected chi connectivity index (χ1v) is 8.09. The van der Waals surface area contributed by atoms with Crippen molar-refractivity contribution in [2.45, 2.75) is 24.6 Å². The largest absolute Gasteiger partial charge is 0.345 e. The standard InChI is InChI=1S/C17H18N4OS/c1-11-15(9-18)16(20-12(2)19-11)23-10-13-5-7-14(8-6-13)17(22)21(3)4/h5-8H,10H2,1-4H3. The normalized spacial score (nSPS) is 10.2. The molecule has 0 aliphatic rings. The Labute approximate surface area is 140 Å². The Kier molecular flexibility index (Phi) is 5.35. The van der Waals surface area contributed by atoms with Gasteiger partial charge in [0.1, 0.15) is 22.5 Å². The van der Waals surface area contributed by atoms with Gasteiger partial charge in [-0.3, -0.25) is 4.79 Å². The number of aromatic nitrogens is 2. The van der Waals surface area contributed by atoms with Gasteiger partial charge in [0.25, 0.3) is 5.91 Å². The van der Waals surface area contributed by atoms with Crippen LogP contribution in [0.3, 0.4) is 0 Å². The van der Waals surface area contributed by atoms with Gasteiger partial charge in [-0.25, -0.2) is 9.97 Å². The smallest absolute Gasteiger partial charge is 0.253 e. The van der Waals surface area contributed by atoms with Gasteiger partial charge in [0, 0.05) is 25.4 Å². The fourth-order valence-electron chi connectivity index (χ4n) is 2.07. The van der Waals surface area contributed by atoms with Crippen molar-refractivity contribution >= 4 is 17.7 Å². The summed E-state index contributed by atoms with van der Waals surface area (Å²) in [6, 6.07) is 9.66. The summed E-state index contributed by atoms with van der Waals surface area (Å²) in [5, 5.41) is 9.95. The van der Waals surface area contributed by atoms with E-state index in [-0.39, 0.29) is 5.91 Å². The molecule has 118 valence electrons. The summed E-state index contributed by atoms with van der Waals surface area (Å²) >= 11 is 1.50. The Hall–Kier alpha value is -2.39. The van der Waals surface area contributed by atoms with Crippen molar-refractivity contribution in [2.75, 3.05) is 14.1 Å². The van der Waals surface area contributed by atoms with Crippen LogP contribution >= 0.6 is 11.8 Å². The summed E-state index contributed by atoms with van der Waals surface area (Å²) in [6.07, 6.45) is 0. The van der Waals surface area contributed by atoms with E-state index in [1.54, 1.807) is 19.0 Å². The molecular formula is C17H18N4OS. The lowest BCUT2D eigenvalue weighted by Crippen LogP contribution is -2.21. The number of thioether (sulfide) groups is 1. The van der Waals surface area contributed by atoms with E-state index in [1.165, 1.54) is 11.8 Å². The third-order valence-electron chi connectivity index (χ3n) is 3.26. The number of benzene rings is 1. The van der Waals surface area contributed by atoms with Crippen LogP contribution in [0, 0.1) is 25.2 Å². The van der Waals surface area contributed by atoms with Crippen molar-refractivity contribution < 1.29 is 4.79 Å². The van der Waals surface area contributed by atoms with Gasteiger partial charge < -0.3 is 4.90 Å². The molecule has 0 fully saturated rings. The molecule has 0 atom stereocenters. The summed E-state index contributed by atoms with van der Waals surface area (Å²) in [7, 11) is 3.46. The maximum Gasteiger partial charge on any atom is 0.253 e. The zero-order valence-corrected chi connectivity index (χ0v) is 14.4. The molecule has 0 aliphatic carbocycles. The van der Waals surface area contributed by atoms with Gasteiger partial charge >= 0.3 is 0 Å². The molecule has 2 rings (SSSR count). The number of carbonyl (C=O) groups excluding carboxylic acids is 1. The minimum atomic E-state index is -0.0157. The topological polar surface area (TPSA) is 69.9 Å². The van der Waals surface area contributed by atoms with Crippen molar-refractivity contribution in [1.82, 2.24) is 14.9 Å². The van der Waals surface area contributed by atoms with E-state index in [0.717, 1.165) is 5.56 Å². The van der Waals surface area contributed by atoms with Crippen LogP contribution in [-0.4, -0.2) is 34.9 Å². The Morgan fingerprint density at radius 2 is 1.87 bits per heavy atom. The summed E-state index contributed by atoms with van der Waals surface area (Å²) in [6.45, 7) is 3.64. The fraction of sp³-hybridized carbons (Fsp3) is 0.294. The first-order chi connectivity index (χ1) is 10.9. The maximum atomic E-state index is 11.9. The van der Waals surface area contributed by atoms with Crippen molar-refractivity contribution in [3.8, 4) is 6.07 Å². The summed E-state index contributed by atoms with van der Waals surface area (Å²) in [5.74, 6) is 1.33. The monoisotopic (exact) mass is 326 g/mol. The highest BCUT2D eigenvalue weighted by Gasteiger charge is 2.11. The second-order valence-corrected chi connectivity index (χ2v) is 6.30. The van der Waals surface area contributed by atoms with E-state index in [2.05, 4.69) is 16.0 Å². The molecule has 0 radical (unpaired) electrons. The van der Waals surface area contributed by atoms with E-state index >= 15 is 0 Å². The molecule has 1 amide bonds. The van der Waals surface area contributed by atoms with E-state index in [9.17, 15) is 10.1 Å². The highest BCUT2D eigenvalue weighted by molar-refractivity contribution is 7.98. The Morgan fingerprint density at radius 3 is 2.43 bits per heavy atom. The second-order valence-electron chi connectivity index (χ2n) is 5.33. The number of nitriles is 1. The van der Waals surface area contributed by atoms with Gasteiger partial charge in [-0.2, -0.15) is 5.26 Å². The second kappa shape index (κ2) is 7.25. The van der Waals surface area contributed by atoms with Crippen molar-refractivity contribution in [3.63, 3.8) is 0 Å². The Balaban J connectivity index is 2.13. The van der Waals surface area contributed by atoms with Crippen LogP contribution in [0.15, 0.2) is 29.3 Å². The average molecular weight is 326 g/mol. The fourth-order valence-corrected chi connectivity index (χ4v) is 3.10. The van der Waals surface area contributed by atoms with Crippen LogP contribution in [0.5, 0.6) is 0 Å². The molecule has 0 bridgehead atoms. The number of amides is 1. The zero-order valence-electron chi connectivity index (χ0n) is 13.6. The van der Waals surface area contributed by atoms with Crippen molar-refractivity contribution in [2.24, 2.45) is 0 Å². The minimum Gasteiger partial charge on any atom is -0.345 e. The van der Waals surface area contributed by atoms with Gasteiger partial charge in [-0.15, -0.1) is 11.8 Å². The third-order valence-corrected chi connectivity index (χ3v) is 4.31. The molecule has 1 heterocycles. The van der Waals surface area contributed by atoms with Gasteiger partial charge in [0.05, 0.1) is 5.69 Å². The molecule has 0 unspecified atom stereocenters. The number of hydrogen-bond acceptors (Lipinski definition) is 5. The molecule has 0 N–H and O–H groups in total. The molecule has 0 saturated heterocycles. The molecule has 1 aromatic heterocycles. The van der Waals surface area contributed by atoms with E-state index in [1.807, 2.05) is 38.1 Å². The number of aryl methyl sites for hydroxylation is 2. The molecule has 0 aliphatic heterocycles. The lowest BCUT2D eigenvalue weighted by Gasteiger charge is -2.10. The van der Waals surface area contributed by atoms with Crippen LogP contribution in [0.2, 0.25) is 0 Å². The van der Waals surface area contributed by atoms with Crippen LogP contribution in [0.4, 0.5) is 0 Å². The molecule has 5 nitrogen and oxygen atoms in total. The molecule has 6 heteroatoms. The number of nitrogens with zero attached hydrogens (tertiary/aromatic N) is 4. The molecule has 1 aromatic carbocycles. The van der Waals surface area contributed by atoms with Crippen LogP contribution in [-0.2, 0) is 5.75 Å². The molecular weight excluding hydrogens is 308 g/mol. The number of hydrogen-bond donors (Lipinski definition) is 0. The van der Waals surface area contributed by atoms with Gasteiger partial charge in [0.2, 0.25) is 0 Å². The summed E-state index contributed by atoms with van der Waals surface area (Å²) < 4.78 is 0. The van der Waals surface area contributed by atoms with Crippen LogP contribution in [0.1, 0.15) is 33.0 Å². The highest BCUT2D eigenvalue weighted by Crippen LogP contribution is 2.25. The highest BCUT2D eigenvalue weighted by atomic mass is 32.2. The van der Waals surface area contributed by atoms with E-state index < -0.39 is 0 Å². The van der Waals surface area contributed by atoms with Crippen LogP contribution in [0.25, 0.3) is 0 Å². The maximum absolute atomic E-state index is 11.9. The number of rotatable bonds is 4. The molecule has 2 aromatic rings. The lowest BCUT2D eigenvalue weighted by atomic mass is 10.1. The number of carbonyl (C=O) groups is 1. The zero-order chi connectivity index (χ0) is 17.0. The third kappa shape index (κ3) is 4.08. The van der Waals surface area contributed by atoms with Crippen molar-refractivity contribution in [3.05, 3.63) is 52.5 Å². The van der Waals surface area contributed by atoms with Gasteiger partial charge in [0.15, 0.2) is 0 Å². The lowest BCUT2D eigenvalue weighted by molar-refractivity contribution is 0.0827. The molecule has 23 heavy (non-hydrogen) atoms. The predicted octanol–water partition coefficient (Wildman–Crippen LogP) is 2.96. The Bertz CT molecular complexity index is 763. The first kappa shape index (κ1) is 17.0. The predicted molar refractivity (Wildman–Crippen MR) is 90.2 cm³/mol. The average Bonchev–Trinajstić information content (AvgIpc) is 2.52. The van der Waals surface area contributed by atoms with E-state index in [0.29, 0.717) is 33.4 Å². The van der Waals surface area contributed by atoms with Gasteiger partial charge in [-0.1, -0.05) is 12.1 Å². The van der Waals surface area contributed by atoms with Crippen molar-refractivity contribution in [1.29, 1.82) is 5.26 Å². The van der Waals surface area contributed by atoms with Gasteiger partial charge in [-0.05, 0) is 31.5 Å². The quantitative estimate of drug-likeness (QED) is 0.638. The first-order valence-electron chi connectivity index (χ1n) is 7.11. The van der Waals surface area contributed by atoms with E-state index in [4.69, 9.17) is 0 Å². The molecule has 0 saturated carbocycles. The van der Waals surface area contributed by atoms with Crippen LogP contribution < -0.4 is 0 Å².